The van der Waals surface area contributed by atoms with Gasteiger partial charge in [0.25, 0.3) is 0 Å². The summed E-state index contributed by atoms with van der Waals surface area (Å²) in [5.74, 6) is 0.648. The van der Waals surface area contributed by atoms with E-state index in [2.05, 4.69) is 53.7 Å². The molecule has 2 fully saturated rings. The Labute approximate surface area is 202 Å². The van der Waals surface area contributed by atoms with E-state index in [9.17, 15) is 4.79 Å². The minimum Gasteiger partial charge on any atom is -0.351 e. The number of nitrogens with one attached hydrogen (secondary N) is 2. The van der Waals surface area contributed by atoms with Crippen LogP contribution in [0.25, 0.3) is 11.3 Å². The van der Waals surface area contributed by atoms with E-state index in [1.54, 1.807) is 0 Å². The Kier molecular flexibility index (Phi) is 6.60. The van der Waals surface area contributed by atoms with E-state index in [0.717, 1.165) is 50.7 Å². The Balaban J connectivity index is 1.21. The lowest BCUT2D eigenvalue weighted by Crippen LogP contribution is -2.58. The third kappa shape index (κ3) is 4.89. The molecule has 0 spiro atoms. The molecular weight excluding hydrogens is 461 g/mol. The zero-order valence-corrected chi connectivity index (χ0v) is 20.2. The van der Waals surface area contributed by atoms with E-state index in [1.165, 1.54) is 18.4 Å². The number of fused-ring (bicyclic) bond motifs is 1. The number of hydrogen-bond acceptors (Lipinski definition) is 6. The van der Waals surface area contributed by atoms with E-state index in [4.69, 9.17) is 23.2 Å². The summed E-state index contributed by atoms with van der Waals surface area (Å²) in [5.41, 5.74) is 1.83. The van der Waals surface area contributed by atoms with Crippen molar-refractivity contribution in [3.05, 3.63) is 50.5 Å². The summed E-state index contributed by atoms with van der Waals surface area (Å²) in [6.45, 7) is 8.12. The Morgan fingerprint density at radius 1 is 1.00 bits per heavy atom. The number of hydrogen-bond donors (Lipinski definition) is 2. The number of aromatic nitrogens is 4. The third-order valence-corrected chi connectivity index (χ3v) is 7.45. The number of aromatic amines is 2. The van der Waals surface area contributed by atoms with Gasteiger partial charge in [0.2, 0.25) is 0 Å². The smallest absolute Gasteiger partial charge is 0.326 e. The van der Waals surface area contributed by atoms with Crippen LogP contribution in [0.4, 0.5) is 5.82 Å². The van der Waals surface area contributed by atoms with Gasteiger partial charge in [0.1, 0.15) is 0 Å². The number of H-pyrrole nitrogens is 2. The normalized spacial score (nSPS) is 21.2. The van der Waals surface area contributed by atoms with E-state index in [1.807, 2.05) is 12.1 Å². The molecule has 3 aromatic rings. The molecule has 0 amide bonds. The molecule has 5 rings (SSSR count). The van der Waals surface area contributed by atoms with Crippen LogP contribution in [0.2, 0.25) is 10.2 Å². The lowest BCUT2D eigenvalue weighted by molar-refractivity contribution is 0.0610. The van der Waals surface area contributed by atoms with E-state index in [0.29, 0.717) is 34.3 Å². The molecule has 4 heterocycles. The van der Waals surface area contributed by atoms with E-state index < -0.39 is 0 Å². The summed E-state index contributed by atoms with van der Waals surface area (Å²) in [7, 11) is 0. The average molecular weight is 490 g/mol. The molecule has 0 saturated carbocycles. The zero-order chi connectivity index (χ0) is 22.9. The number of piperidine rings is 1. The largest absolute Gasteiger partial charge is 0.351 e. The topological polar surface area (TPSA) is 84.1 Å². The Hall–Kier alpha value is -2.13. The average Bonchev–Trinajstić information content (AvgIpc) is 3.19. The van der Waals surface area contributed by atoms with Crippen molar-refractivity contribution in [3.63, 3.8) is 0 Å². The van der Waals surface area contributed by atoms with Crippen molar-refractivity contribution in [2.45, 2.75) is 44.8 Å². The fourth-order valence-corrected chi connectivity index (χ4v) is 5.56. The van der Waals surface area contributed by atoms with Crippen molar-refractivity contribution < 1.29 is 0 Å². The molecule has 1 atom stereocenters. The van der Waals surface area contributed by atoms with Crippen LogP contribution in [0.1, 0.15) is 31.7 Å². The molecule has 2 N–H and O–H groups in total. The summed E-state index contributed by atoms with van der Waals surface area (Å²) in [6, 6.07) is 9.22. The SMILES string of the molecule is CCC1CN(c2nc3[nH]c(=O)[nH]c3nc2Cl)CCN1C1CCN(Cc2ccc(Cl)cc2)CC1. The summed E-state index contributed by atoms with van der Waals surface area (Å²) >= 11 is 12.5. The predicted octanol–water partition coefficient (Wildman–Crippen LogP) is 3.52. The van der Waals surface area contributed by atoms with Crippen molar-refractivity contribution in [2.75, 3.05) is 37.6 Å². The van der Waals surface area contributed by atoms with Crippen LogP contribution in [-0.4, -0.2) is 74.5 Å². The summed E-state index contributed by atoms with van der Waals surface area (Å²) in [6.07, 6.45) is 3.43. The molecule has 1 aromatic carbocycles. The molecule has 176 valence electrons. The monoisotopic (exact) mass is 489 g/mol. The second-order valence-corrected chi connectivity index (χ2v) is 9.79. The number of halogens is 2. The highest BCUT2D eigenvalue weighted by Gasteiger charge is 2.34. The third-order valence-electron chi connectivity index (χ3n) is 6.94. The lowest BCUT2D eigenvalue weighted by atomic mass is 9.98. The predicted molar refractivity (Wildman–Crippen MR) is 132 cm³/mol. The number of likely N-dealkylation sites (tertiary alicyclic amines) is 1. The quantitative estimate of drug-likeness (QED) is 0.570. The fraction of sp³-hybridized carbons (Fsp3) is 0.522. The molecule has 2 aromatic heterocycles. The molecule has 0 radical (unpaired) electrons. The van der Waals surface area contributed by atoms with Crippen LogP contribution in [0.3, 0.4) is 0 Å². The molecule has 2 aliphatic heterocycles. The van der Waals surface area contributed by atoms with Crippen LogP contribution in [-0.2, 0) is 6.54 Å². The van der Waals surface area contributed by atoms with Crippen molar-refractivity contribution >= 4 is 40.3 Å². The number of piperazine rings is 1. The Morgan fingerprint density at radius 2 is 1.70 bits per heavy atom. The second kappa shape index (κ2) is 9.62. The highest BCUT2D eigenvalue weighted by molar-refractivity contribution is 6.32. The minimum atomic E-state index is -0.322. The number of imidazole rings is 1. The van der Waals surface area contributed by atoms with Crippen molar-refractivity contribution in [1.82, 2.24) is 29.7 Å². The van der Waals surface area contributed by atoms with Crippen LogP contribution in [0.5, 0.6) is 0 Å². The van der Waals surface area contributed by atoms with Crippen LogP contribution >= 0.6 is 23.2 Å². The molecule has 2 saturated heterocycles. The first kappa shape index (κ1) is 22.7. The first-order chi connectivity index (χ1) is 16.0. The van der Waals surface area contributed by atoms with Gasteiger partial charge < -0.3 is 4.90 Å². The first-order valence-corrected chi connectivity index (χ1v) is 12.4. The van der Waals surface area contributed by atoms with Gasteiger partial charge in [-0.05, 0) is 50.0 Å². The second-order valence-electron chi connectivity index (χ2n) is 8.99. The van der Waals surface area contributed by atoms with Gasteiger partial charge >= 0.3 is 5.69 Å². The molecule has 0 aliphatic carbocycles. The van der Waals surface area contributed by atoms with Gasteiger partial charge in [-0.25, -0.2) is 14.8 Å². The van der Waals surface area contributed by atoms with E-state index >= 15 is 0 Å². The molecule has 1 unspecified atom stereocenters. The maximum absolute atomic E-state index is 11.6. The van der Waals surface area contributed by atoms with Gasteiger partial charge in [0.15, 0.2) is 22.3 Å². The maximum atomic E-state index is 11.6. The standard InChI is InChI=1S/C23H29Cl2N7O/c1-2-17-14-31(22-19(25)26-20-21(27-22)29-23(33)28-20)11-12-32(17)18-7-9-30(10-8-18)13-15-3-5-16(24)6-4-15/h3-6,17-18H,2,7-14H2,1H3,(H2,26,27,28,29,33). The van der Waals surface area contributed by atoms with E-state index in [-0.39, 0.29) is 5.69 Å². The number of benzene rings is 1. The number of rotatable bonds is 5. The fourth-order valence-electron chi connectivity index (χ4n) is 5.19. The molecule has 8 nitrogen and oxygen atoms in total. The van der Waals surface area contributed by atoms with Gasteiger partial charge in [0.05, 0.1) is 0 Å². The number of nitrogens with zero attached hydrogens (tertiary/aromatic N) is 5. The Morgan fingerprint density at radius 3 is 2.39 bits per heavy atom. The van der Waals surface area contributed by atoms with Crippen molar-refractivity contribution in [3.8, 4) is 0 Å². The molecule has 2 aliphatic rings. The summed E-state index contributed by atoms with van der Waals surface area (Å²) in [4.78, 5) is 33.2. The summed E-state index contributed by atoms with van der Waals surface area (Å²) in [5, 5.41) is 1.12. The summed E-state index contributed by atoms with van der Waals surface area (Å²) < 4.78 is 0. The zero-order valence-electron chi connectivity index (χ0n) is 18.7. The van der Waals surface area contributed by atoms with Gasteiger partial charge in [-0.2, -0.15) is 0 Å². The first-order valence-electron chi connectivity index (χ1n) is 11.6. The number of anilines is 1. The van der Waals surface area contributed by atoms with Crippen molar-refractivity contribution in [1.29, 1.82) is 0 Å². The molecular formula is C23H29Cl2N7O. The highest BCUT2D eigenvalue weighted by atomic mass is 35.5. The van der Waals surface area contributed by atoms with Gasteiger partial charge in [-0.1, -0.05) is 42.3 Å². The van der Waals surface area contributed by atoms with Gasteiger partial charge in [-0.3, -0.25) is 19.8 Å². The lowest BCUT2D eigenvalue weighted by Gasteiger charge is -2.47. The maximum Gasteiger partial charge on any atom is 0.326 e. The van der Waals surface area contributed by atoms with Crippen LogP contribution in [0, 0.1) is 0 Å². The minimum absolute atomic E-state index is 0.322. The molecule has 33 heavy (non-hydrogen) atoms. The Bertz CT molecular complexity index is 1150. The van der Waals surface area contributed by atoms with Gasteiger partial charge in [-0.15, -0.1) is 0 Å². The molecule has 0 bridgehead atoms. The van der Waals surface area contributed by atoms with Crippen LogP contribution in [0.15, 0.2) is 29.1 Å². The highest BCUT2D eigenvalue weighted by Crippen LogP contribution is 2.29. The van der Waals surface area contributed by atoms with Crippen LogP contribution < -0.4 is 10.6 Å². The molecule has 10 heteroatoms. The van der Waals surface area contributed by atoms with Gasteiger partial charge in [0, 0.05) is 43.3 Å². The van der Waals surface area contributed by atoms with Crippen molar-refractivity contribution in [2.24, 2.45) is 0 Å².